The van der Waals surface area contributed by atoms with Gasteiger partial charge in [0.05, 0.1) is 5.97 Å². The van der Waals surface area contributed by atoms with E-state index >= 15 is 0 Å². The molecular formula is C17H18NO3S-. The second kappa shape index (κ2) is 11.0. The van der Waals surface area contributed by atoms with E-state index in [2.05, 4.69) is 25.4 Å². The molecule has 116 valence electrons. The van der Waals surface area contributed by atoms with Gasteiger partial charge in [0.15, 0.2) is 0 Å². The lowest BCUT2D eigenvalue weighted by molar-refractivity contribution is -0.299. The lowest BCUT2D eigenvalue weighted by Gasteiger charge is -1.93. The highest BCUT2D eigenvalue weighted by molar-refractivity contribution is 7.71. The van der Waals surface area contributed by atoms with Gasteiger partial charge in [-0.2, -0.15) is 4.73 Å². The molecule has 0 spiro atoms. The Labute approximate surface area is 135 Å². The summed E-state index contributed by atoms with van der Waals surface area (Å²) in [6.07, 6.45) is 3.32. The van der Waals surface area contributed by atoms with Gasteiger partial charge in [0.25, 0.3) is 0 Å². The zero-order valence-corrected chi connectivity index (χ0v) is 13.1. The van der Waals surface area contributed by atoms with Crippen LogP contribution in [0.2, 0.25) is 0 Å². The van der Waals surface area contributed by atoms with Crippen LogP contribution in [0.5, 0.6) is 0 Å². The van der Waals surface area contributed by atoms with Crippen LogP contribution in [0.25, 0.3) is 6.08 Å². The third-order valence-corrected chi connectivity index (χ3v) is 2.51. The maximum Gasteiger partial charge on any atom is 0.142 e. The fourth-order valence-corrected chi connectivity index (χ4v) is 1.15. The van der Waals surface area contributed by atoms with Crippen LogP contribution in [-0.4, -0.2) is 15.9 Å². The van der Waals surface area contributed by atoms with E-state index in [1.54, 1.807) is 18.2 Å². The summed E-state index contributed by atoms with van der Waals surface area (Å²) in [4.78, 5) is 9.49. The average molecular weight is 316 g/mol. The summed E-state index contributed by atoms with van der Waals surface area (Å²) in [5.41, 5.74) is 1.24. The van der Waals surface area contributed by atoms with Crippen molar-refractivity contribution in [2.75, 3.05) is 0 Å². The van der Waals surface area contributed by atoms with Crippen LogP contribution in [0, 0.1) is 4.64 Å². The standard InChI is InChI=1S/C8H8.C5H5NOS.C4H6O2/c1-2-8-6-4-3-5-7-8;7-6-4-2-1-3-5(6)8;1-3(2)4(5)6/h2-7H,1H2;1-4,7H;1H2,2H3,(H,5,6)/p-1. The van der Waals surface area contributed by atoms with Crippen molar-refractivity contribution in [3.8, 4) is 0 Å². The van der Waals surface area contributed by atoms with Gasteiger partial charge >= 0.3 is 0 Å². The number of pyridine rings is 1. The van der Waals surface area contributed by atoms with Crippen LogP contribution < -0.4 is 5.11 Å². The minimum absolute atomic E-state index is 0.0648. The molecule has 0 aliphatic rings. The Balaban J connectivity index is 0.000000306. The van der Waals surface area contributed by atoms with Crippen LogP contribution in [0.4, 0.5) is 0 Å². The van der Waals surface area contributed by atoms with Crippen molar-refractivity contribution in [3.63, 3.8) is 0 Å². The molecule has 0 amide bonds. The lowest BCUT2D eigenvalue weighted by Crippen LogP contribution is -2.22. The molecule has 0 fully saturated rings. The summed E-state index contributed by atoms with van der Waals surface area (Å²) < 4.78 is 1.32. The second-order valence-corrected chi connectivity index (χ2v) is 4.48. The molecule has 0 atom stereocenters. The number of aromatic nitrogens is 1. The van der Waals surface area contributed by atoms with Gasteiger partial charge in [-0.15, -0.1) is 0 Å². The molecule has 0 aliphatic heterocycles. The molecule has 0 saturated carbocycles. The minimum Gasteiger partial charge on any atom is -0.545 e. The van der Waals surface area contributed by atoms with Crippen molar-refractivity contribution in [2.24, 2.45) is 0 Å². The predicted molar refractivity (Wildman–Crippen MR) is 88.8 cm³/mol. The van der Waals surface area contributed by atoms with E-state index in [1.165, 1.54) is 18.7 Å². The number of hydrogen-bond acceptors (Lipinski definition) is 4. The molecule has 0 aliphatic carbocycles. The van der Waals surface area contributed by atoms with E-state index in [0.29, 0.717) is 4.64 Å². The predicted octanol–water partition coefficient (Wildman–Crippen LogP) is 3.10. The SMILES string of the molecule is C=C(C)C(=O)[O-].C=Cc1ccccc1.On1ccccc1=S. The van der Waals surface area contributed by atoms with E-state index < -0.39 is 5.97 Å². The highest BCUT2D eigenvalue weighted by atomic mass is 32.1. The van der Waals surface area contributed by atoms with Gasteiger partial charge in [-0.25, -0.2) is 0 Å². The summed E-state index contributed by atoms with van der Waals surface area (Å²) in [6, 6.07) is 15.2. The summed E-state index contributed by atoms with van der Waals surface area (Å²) in [5.74, 6) is -1.19. The van der Waals surface area contributed by atoms with Gasteiger partial charge in [-0.05, 0) is 30.2 Å². The molecule has 22 heavy (non-hydrogen) atoms. The second-order valence-electron chi connectivity index (χ2n) is 4.07. The van der Waals surface area contributed by atoms with Crippen molar-refractivity contribution in [1.82, 2.24) is 4.73 Å². The first-order chi connectivity index (χ1) is 10.4. The number of carbonyl (C=O) groups is 1. The van der Waals surface area contributed by atoms with Crippen molar-refractivity contribution < 1.29 is 15.1 Å². The van der Waals surface area contributed by atoms with Crippen molar-refractivity contribution in [3.05, 3.63) is 83.7 Å². The van der Waals surface area contributed by atoms with Crippen molar-refractivity contribution >= 4 is 24.3 Å². The first-order valence-corrected chi connectivity index (χ1v) is 6.70. The van der Waals surface area contributed by atoms with Crippen LogP contribution in [-0.2, 0) is 4.79 Å². The molecule has 5 heteroatoms. The van der Waals surface area contributed by atoms with Crippen molar-refractivity contribution in [2.45, 2.75) is 6.92 Å². The number of rotatable bonds is 2. The normalized spacial score (nSPS) is 8.41. The lowest BCUT2D eigenvalue weighted by atomic mass is 10.2. The van der Waals surface area contributed by atoms with E-state index in [9.17, 15) is 9.90 Å². The smallest absolute Gasteiger partial charge is 0.142 e. The highest BCUT2D eigenvalue weighted by Crippen LogP contribution is 1.97. The molecule has 2 aromatic rings. The monoisotopic (exact) mass is 316 g/mol. The Hall–Kier alpha value is -2.66. The molecule has 0 unspecified atom stereocenters. The minimum atomic E-state index is -1.19. The van der Waals surface area contributed by atoms with Gasteiger partial charge < -0.3 is 15.1 Å². The third-order valence-electron chi connectivity index (χ3n) is 2.19. The molecule has 1 aromatic carbocycles. The Morgan fingerprint density at radius 2 is 1.73 bits per heavy atom. The van der Waals surface area contributed by atoms with Crippen LogP contribution in [0.3, 0.4) is 0 Å². The van der Waals surface area contributed by atoms with E-state index in [0.717, 1.165) is 4.73 Å². The van der Waals surface area contributed by atoms with Gasteiger partial charge in [0.2, 0.25) is 0 Å². The fraction of sp³-hybridized carbons (Fsp3) is 0.0588. The topological polar surface area (TPSA) is 65.3 Å². The summed E-state index contributed by atoms with van der Waals surface area (Å²) in [7, 11) is 0. The van der Waals surface area contributed by atoms with E-state index in [4.69, 9.17) is 5.21 Å². The zero-order valence-electron chi connectivity index (χ0n) is 12.3. The molecule has 1 aromatic heterocycles. The summed E-state index contributed by atoms with van der Waals surface area (Å²) in [6.45, 7) is 8.11. The van der Waals surface area contributed by atoms with Gasteiger partial charge in [-0.1, -0.05) is 67.8 Å². The number of carbonyl (C=O) groups excluding carboxylic acids is 1. The number of benzene rings is 1. The first-order valence-electron chi connectivity index (χ1n) is 6.29. The Morgan fingerprint density at radius 3 is 2.00 bits per heavy atom. The third kappa shape index (κ3) is 9.28. The Bertz CT molecular complexity index is 651. The molecule has 0 bridgehead atoms. The van der Waals surface area contributed by atoms with Gasteiger partial charge in [0, 0.05) is 6.20 Å². The highest BCUT2D eigenvalue weighted by Gasteiger charge is 1.78. The summed E-state index contributed by atoms with van der Waals surface area (Å²) >= 11 is 4.67. The van der Waals surface area contributed by atoms with Crippen molar-refractivity contribution in [1.29, 1.82) is 0 Å². The molecule has 0 radical (unpaired) electrons. The van der Waals surface area contributed by atoms with Crippen LogP contribution >= 0.6 is 12.2 Å². The number of nitrogens with zero attached hydrogens (tertiary/aromatic N) is 1. The largest absolute Gasteiger partial charge is 0.545 e. The van der Waals surface area contributed by atoms with Gasteiger partial charge in [-0.3, -0.25) is 0 Å². The number of hydrogen-bond donors (Lipinski definition) is 1. The number of carboxylic acids is 1. The number of aliphatic carboxylic acids is 1. The Kier molecular flexibility index (Phi) is 9.71. The fourth-order valence-electron chi connectivity index (χ4n) is 1.01. The van der Waals surface area contributed by atoms with E-state index in [-0.39, 0.29) is 5.57 Å². The quantitative estimate of drug-likeness (QED) is 0.525. The molecule has 0 saturated heterocycles. The van der Waals surface area contributed by atoms with Crippen LogP contribution in [0.15, 0.2) is 73.5 Å². The molecule has 2 rings (SSSR count). The molecule has 1 N–H and O–H groups in total. The van der Waals surface area contributed by atoms with Crippen LogP contribution in [0.1, 0.15) is 12.5 Å². The zero-order chi connectivity index (χ0) is 17.0. The maximum atomic E-state index is 9.49. The molecule has 4 nitrogen and oxygen atoms in total. The molecule has 1 heterocycles. The summed E-state index contributed by atoms with van der Waals surface area (Å²) in [5, 5.41) is 18.2. The van der Waals surface area contributed by atoms with E-state index in [1.807, 2.05) is 36.4 Å². The number of carboxylic acid groups (broad SMARTS) is 1. The first kappa shape index (κ1) is 19.3. The molecular weight excluding hydrogens is 298 g/mol. The maximum absolute atomic E-state index is 9.49. The average Bonchev–Trinajstić information content (AvgIpc) is 2.52. The van der Waals surface area contributed by atoms with Gasteiger partial charge in [0.1, 0.15) is 4.64 Å². The Morgan fingerprint density at radius 1 is 1.23 bits per heavy atom.